The molecule has 16 aliphatic rings. The molecule has 16 saturated carbocycles. The minimum Gasteiger partial charge on any atom is -0.478 e. The van der Waals surface area contributed by atoms with Crippen molar-refractivity contribution in [1.82, 2.24) is 0 Å². The number of rotatable bonds is 9. The van der Waals surface area contributed by atoms with Crippen LogP contribution in [0.25, 0.3) is 0 Å². The summed E-state index contributed by atoms with van der Waals surface area (Å²) in [4.78, 5) is 25.0. The van der Waals surface area contributed by atoms with E-state index in [0.717, 1.165) is 84.9 Å². The van der Waals surface area contributed by atoms with Gasteiger partial charge in [0.15, 0.2) is 0 Å². The maximum absolute atomic E-state index is 12.5. The van der Waals surface area contributed by atoms with Gasteiger partial charge in [0.1, 0.15) is 11.5 Å². The molecule has 0 saturated heterocycles. The van der Waals surface area contributed by atoms with Gasteiger partial charge >= 0.3 is 11.9 Å². The molecule has 0 heterocycles. The maximum atomic E-state index is 12.5. The third kappa shape index (κ3) is 4.73. The molecule has 6 nitrogen and oxygen atoms in total. The lowest BCUT2D eigenvalue weighted by molar-refractivity contribution is -0.386. The van der Waals surface area contributed by atoms with E-state index in [1.54, 1.807) is 24.3 Å². The Hall–Kier alpha value is -3.02. The van der Waals surface area contributed by atoms with Crippen molar-refractivity contribution in [3.8, 4) is 11.5 Å². The fraction of sp³-hybridized carbons (Fsp3) is 0.741. The number of aromatic carboxylic acids is 2. The Kier molecular flexibility index (Phi) is 7.39. The van der Waals surface area contributed by atoms with E-state index < -0.39 is 17.7 Å². The number of carbonyl (C=O) groups is 2. The lowest BCUT2D eigenvalue weighted by Gasteiger charge is -2.81. The van der Waals surface area contributed by atoms with Crippen molar-refractivity contribution >= 4 is 11.9 Å². The fourth-order valence-corrected chi connectivity index (χ4v) is 22.8. The van der Waals surface area contributed by atoms with Crippen LogP contribution in [-0.4, -0.2) is 27.9 Å². The normalized spacial score (nSPS) is 51.3. The van der Waals surface area contributed by atoms with Crippen LogP contribution in [0.4, 0.5) is 0 Å². The van der Waals surface area contributed by atoms with Gasteiger partial charge in [-0.15, -0.1) is 0 Å². The highest BCUT2D eigenvalue weighted by molar-refractivity contribution is 5.88. The van der Waals surface area contributed by atoms with Crippen molar-refractivity contribution in [2.75, 3.05) is 0 Å². The summed E-state index contributed by atoms with van der Waals surface area (Å²) < 4.78 is 15.7. The molecule has 16 aliphatic carbocycles. The molecule has 2 N–H and O–H groups in total. The molecule has 0 radical (unpaired) electrons. The van der Waals surface area contributed by atoms with Crippen molar-refractivity contribution in [2.45, 2.75) is 141 Å². The first-order valence-corrected chi connectivity index (χ1v) is 25.1. The predicted molar refractivity (Wildman–Crippen MR) is 226 cm³/mol. The smallest absolute Gasteiger partial charge is 0.335 e. The van der Waals surface area contributed by atoms with E-state index in [-0.39, 0.29) is 27.9 Å². The van der Waals surface area contributed by atoms with Crippen molar-refractivity contribution in [3.63, 3.8) is 0 Å². The average Bonchev–Trinajstić information content (AvgIpc) is 3.18. The van der Waals surface area contributed by atoms with Gasteiger partial charge in [0.25, 0.3) is 5.79 Å². The summed E-state index contributed by atoms with van der Waals surface area (Å²) in [6, 6.07) is 14.5. The van der Waals surface area contributed by atoms with E-state index in [4.69, 9.17) is 9.47 Å². The number of ether oxygens (including phenoxy) is 2. The first kappa shape index (κ1) is 36.5. The van der Waals surface area contributed by atoms with Crippen LogP contribution in [-0.2, 0) is 0 Å². The Bertz CT molecular complexity index is 2020. The van der Waals surface area contributed by atoms with Crippen LogP contribution in [0.5, 0.6) is 11.5 Å². The molecule has 8 unspecified atom stereocenters. The van der Waals surface area contributed by atoms with E-state index in [9.17, 15) is 19.8 Å². The second-order valence-electron chi connectivity index (χ2n) is 25.0. The van der Waals surface area contributed by atoms with Gasteiger partial charge in [-0.25, -0.2) is 9.59 Å². The first-order valence-electron chi connectivity index (χ1n) is 25.1. The number of carboxylic acids is 2. The Morgan fingerprint density at radius 1 is 0.483 bits per heavy atom. The zero-order valence-corrected chi connectivity index (χ0v) is 35.6. The van der Waals surface area contributed by atoms with Crippen LogP contribution >= 0.6 is 0 Å². The van der Waals surface area contributed by atoms with Crippen molar-refractivity contribution in [1.29, 1.82) is 0 Å². The maximum Gasteiger partial charge on any atom is 0.335 e. The van der Waals surface area contributed by atoms with E-state index in [0.29, 0.717) is 40.1 Å². The summed E-state index contributed by atoms with van der Waals surface area (Å²) in [5, 5.41) is 20.5. The molecule has 2 aromatic rings. The number of hydrogen-bond acceptors (Lipinski definition) is 4. The third-order valence-electron chi connectivity index (χ3n) is 22.1. The largest absolute Gasteiger partial charge is 0.478 e. The predicted octanol–water partition coefficient (Wildman–Crippen LogP) is 12.2. The van der Waals surface area contributed by atoms with E-state index >= 15 is 0 Å². The quantitative estimate of drug-likeness (QED) is 0.245. The number of benzene rings is 2. The summed E-state index contributed by atoms with van der Waals surface area (Å²) in [5.41, 5.74) is 1.26. The van der Waals surface area contributed by atoms with Crippen molar-refractivity contribution in [3.05, 3.63) is 59.7 Å². The summed E-state index contributed by atoms with van der Waals surface area (Å²) in [5.74, 6) is 9.24. The molecule has 0 aromatic heterocycles. The molecule has 2 aromatic carbocycles. The first-order chi connectivity index (χ1) is 29.0. The Balaban J connectivity index is 0.996. The second-order valence-corrected chi connectivity index (χ2v) is 25.0. The van der Waals surface area contributed by atoms with Crippen LogP contribution in [0, 0.1) is 105 Å². The van der Waals surface area contributed by atoms with Gasteiger partial charge in [-0.3, -0.25) is 0 Å². The number of carboxylic acid groups (broad SMARTS) is 2. The van der Waals surface area contributed by atoms with Crippen LogP contribution < -0.4 is 9.47 Å². The minimum absolute atomic E-state index is 0.0821. The van der Waals surface area contributed by atoms with Gasteiger partial charge in [0, 0.05) is 5.92 Å². The van der Waals surface area contributed by atoms with E-state index in [1.807, 2.05) is 24.3 Å². The van der Waals surface area contributed by atoms with Crippen LogP contribution in [0.3, 0.4) is 0 Å². The monoisotopic (exact) mass is 810 g/mol. The standard InChI is InChI=1S/C54H66O6/c55-48(56)39-3-1-5-44(19-39)59-54(60-45-6-2-4-40(20-45)49(57)58)43-17-37-12-38(18-43)29-53(54,28-37)52-26-35-11-36(27-52)16-42(15-35)47(52)51-24-33-10-34(25-51)14-41(13-33)46(51)50-21-30-7-31(22-50)9-32(8-30)23-50/h1-6,19-20,30-38,41-43,46-47H,7-18,21-29H2,(H,55,56)(H,57,58). The molecule has 18 rings (SSSR count). The van der Waals surface area contributed by atoms with Gasteiger partial charge in [-0.1, -0.05) is 12.1 Å². The molecular formula is C54H66O6. The number of hydrogen-bond donors (Lipinski definition) is 2. The van der Waals surface area contributed by atoms with Gasteiger partial charge in [0.05, 0.1) is 16.5 Å². The SMILES string of the molecule is O=C(O)c1cccc(OC2(Oc3cccc(C(=O)O)c3)C3CC4CC(C3)CC2(C23CC5CC(CC(C5)C2C25CC6CC(CC(C6)C2C26CC7CC(CC(C7)C2)C6)C5)C3)C4)c1. The average molecular weight is 811 g/mol. The zero-order chi connectivity index (χ0) is 40.0. The molecular weight excluding hydrogens is 745 g/mol. The van der Waals surface area contributed by atoms with Gasteiger partial charge in [-0.05, 0) is 264 Å². The summed E-state index contributed by atoms with van der Waals surface area (Å²) in [6.45, 7) is 0. The molecule has 6 heteroatoms. The molecule has 8 atom stereocenters. The Labute approximate surface area is 356 Å². The summed E-state index contributed by atoms with van der Waals surface area (Å²) in [7, 11) is 0. The second kappa shape index (κ2) is 12.2. The highest BCUT2D eigenvalue weighted by Crippen LogP contribution is 2.85. The topological polar surface area (TPSA) is 93.1 Å². The molecule has 318 valence electrons. The Morgan fingerprint density at radius 3 is 1.37 bits per heavy atom. The van der Waals surface area contributed by atoms with Crippen LogP contribution in [0.15, 0.2) is 48.5 Å². The molecule has 16 fully saturated rings. The van der Waals surface area contributed by atoms with Gasteiger partial charge in [-0.2, -0.15) is 0 Å². The molecule has 60 heavy (non-hydrogen) atoms. The lowest BCUT2D eigenvalue weighted by atomic mass is 9.24. The molecule has 16 bridgehead atoms. The van der Waals surface area contributed by atoms with Gasteiger partial charge in [0.2, 0.25) is 0 Å². The Morgan fingerprint density at radius 2 is 0.900 bits per heavy atom. The molecule has 0 amide bonds. The highest BCUT2D eigenvalue weighted by Gasteiger charge is 2.82. The van der Waals surface area contributed by atoms with Crippen molar-refractivity contribution in [2.24, 2.45) is 105 Å². The van der Waals surface area contributed by atoms with Crippen molar-refractivity contribution < 1.29 is 29.3 Å². The van der Waals surface area contributed by atoms with E-state index in [1.165, 1.54) is 109 Å². The van der Waals surface area contributed by atoms with E-state index in [2.05, 4.69) is 0 Å². The zero-order valence-electron chi connectivity index (χ0n) is 35.6. The van der Waals surface area contributed by atoms with Crippen LogP contribution in [0.2, 0.25) is 0 Å². The summed E-state index contributed by atoms with van der Waals surface area (Å²) >= 11 is 0. The summed E-state index contributed by atoms with van der Waals surface area (Å²) in [6.07, 6.45) is 29.2. The molecule has 0 spiro atoms. The lowest BCUT2D eigenvalue weighted by Crippen LogP contribution is -2.80. The molecule has 0 aliphatic heterocycles. The highest BCUT2D eigenvalue weighted by atomic mass is 16.7. The third-order valence-corrected chi connectivity index (χ3v) is 22.1. The van der Waals surface area contributed by atoms with Crippen LogP contribution in [0.1, 0.15) is 156 Å². The van der Waals surface area contributed by atoms with Gasteiger partial charge < -0.3 is 19.7 Å². The minimum atomic E-state index is -1.02. The fourth-order valence-electron chi connectivity index (χ4n) is 22.8.